The van der Waals surface area contributed by atoms with Crippen molar-refractivity contribution in [2.75, 3.05) is 11.9 Å². The van der Waals surface area contributed by atoms with Crippen LogP contribution >= 0.6 is 0 Å². The number of aryl methyl sites for hydroxylation is 1. The number of aromatic nitrogens is 2. The van der Waals surface area contributed by atoms with E-state index in [1.807, 2.05) is 17.7 Å². The molecule has 2 rings (SSSR count). The van der Waals surface area contributed by atoms with E-state index in [9.17, 15) is 13.2 Å². The fraction of sp³-hybridized carbons (Fsp3) is 0.308. The van der Waals surface area contributed by atoms with E-state index in [1.165, 1.54) is 12.1 Å². The molecule has 0 aliphatic rings. The van der Waals surface area contributed by atoms with Gasteiger partial charge >= 0.3 is 6.36 Å². The lowest BCUT2D eigenvalue weighted by Gasteiger charge is -2.14. The maximum atomic E-state index is 12.3. The molecule has 2 aromatic rings. The minimum absolute atomic E-state index is 0.234. The Morgan fingerprint density at radius 2 is 2.05 bits per heavy atom. The number of nitrogens with zero attached hydrogens (tertiary/aromatic N) is 2. The fourth-order valence-corrected chi connectivity index (χ4v) is 1.78. The van der Waals surface area contributed by atoms with E-state index in [1.54, 1.807) is 18.3 Å². The second-order valence-corrected chi connectivity index (χ2v) is 4.14. The van der Waals surface area contributed by atoms with Crippen molar-refractivity contribution >= 4 is 5.69 Å². The summed E-state index contributed by atoms with van der Waals surface area (Å²) in [6.07, 6.45) is -1.20. The molecule has 0 spiro atoms. The van der Waals surface area contributed by atoms with Gasteiger partial charge in [-0.15, -0.1) is 13.2 Å². The molecular formula is C13H14F3N3O. The van der Waals surface area contributed by atoms with Gasteiger partial charge in [0, 0.05) is 25.5 Å². The lowest BCUT2D eigenvalue weighted by atomic mass is 10.3. The minimum atomic E-state index is -4.70. The highest BCUT2D eigenvalue weighted by molar-refractivity contribution is 5.56. The number of anilines is 1. The molecule has 0 atom stereocenters. The summed E-state index contributed by atoms with van der Waals surface area (Å²) < 4.78 is 42.6. The number of halogens is 3. The topological polar surface area (TPSA) is 39.1 Å². The zero-order valence-corrected chi connectivity index (χ0v) is 10.8. The molecule has 0 aliphatic heterocycles. The number of benzene rings is 1. The molecule has 0 fully saturated rings. The number of alkyl halides is 3. The van der Waals surface area contributed by atoms with Crippen LogP contribution in [-0.2, 0) is 6.54 Å². The minimum Gasteiger partial charge on any atom is -0.404 e. The van der Waals surface area contributed by atoms with Gasteiger partial charge in [0.15, 0.2) is 5.75 Å². The molecular weight excluding hydrogens is 271 g/mol. The van der Waals surface area contributed by atoms with Crippen LogP contribution in [0.2, 0.25) is 0 Å². The molecule has 0 unspecified atom stereocenters. The summed E-state index contributed by atoms with van der Waals surface area (Å²) in [7, 11) is 0. The van der Waals surface area contributed by atoms with E-state index >= 15 is 0 Å². The number of imidazole rings is 1. The maximum Gasteiger partial charge on any atom is 0.573 e. The van der Waals surface area contributed by atoms with Crippen LogP contribution in [-0.4, -0.2) is 22.5 Å². The summed E-state index contributed by atoms with van der Waals surface area (Å²) in [5, 5.41) is 2.93. The highest BCUT2D eigenvalue weighted by Gasteiger charge is 2.31. The lowest BCUT2D eigenvalue weighted by Crippen LogP contribution is -2.19. The Balaban J connectivity index is 1.97. The van der Waals surface area contributed by atoms with Crippen molar-refractivity contribution in [2.24, 2.45) is 0 Å². The third kappa shape index (κ3) is 3.91. The molecule has 0 bridgehead atoms. The van der Waals surface area contributed by atoms with Crippen LogP contribution in [0.4, 0.5) is 18.9 Å². The smallest absolute Gasteiger partial charge is 0.404 e. The van der Waals surface area contributed by atoms with E-state index in [-0.39, 0.29) is 5.75 Å². The van der Waals surface area contributed by atoms with E-state index in [2.05, 4.69) is 15.0 Å². The number of hydrogen-bond acceptors (Lipinski definition) is 3. The van der Waals surface area contributed by atoms with Gasteiger partial charge in [0.05, 0.1) is 5.69 Å². The largest absolute Gasteiger partial charge is 0.573 e. The Hall–Kier alpha value is -2.18. The van der Waals surface area contributed by atoms with Gasteiger partial charge in [0.25, 0.3) is 0 Å². The van der Waals surface area contributed by atoms with Crippen LogP contribution in [0.3, 0.4) is 0 Å². The van der Waals surface area contributed by atoms with Crippen LogP contribution in [0, 0.1) is 6.92 Å². The summed E-state index contributed by atoms with van der Waals surface area (Å²) in [6, 6.07) is 5.96. The normalized spacial score (nSPS) is 11.4. The van der Waals surface area contributed by atoms with E-state index in [0.29, 0.717) is 18.8 Å². The van der Waals surface area contributed by atoms with Crippen LogP contribution in [0.5, 0.6) is 5.75 Å². The predicted octanol–water partition coefficient (Wildman–Crippen LogP) is 3.20. The van der Waals surface area contributed by atoms with Crippen molar-refractivity contribution in [3.05, 3.63) is 42.5 Å². The molecule has 0 saturated carbocycles. The van der Waals surface area contributed by atoms with Crippen LogP contribution in [0.25, 0.3) is 0 Å². The second kappa shape index (κ2) is 5.85. The number of ether oxygens (including phenoxy) is 1. The van der Waals surface area contributed by atoms with Crippen LogP contribution < -0.4 is 10.1 Å². The number of rotatable bonds is 5. The summed E-state index contributed by atoms with van der Waals surface area (Å²) >= 11 is 0. The van der Waals surface area contributed by atoms with Crippen molar-refractivity contribution in [1.29, 1.82) is 0 Å². The number of hydrogen-bond donors (Lipinski definition) is 1. The highest BCUT2D eigenvalue weighted by atomic mass is 19.4. The van der Waals surface area contributed by atoms with Crippen LogP contribution in [0.1, 0.15) is 5.82 Å². The molecule has 1 heterocycles. The van der Waals surface area contributed by atoms with E-state index < -0.39 is 6.36 Å². The first kappa shape index (κ1) is 14.2. The molecule has 4 nitrogen and oxygen atoms in total. The quantitative estimate of drug-likeness (QED) is 0.917. The summed E-state index contributed by atoms with van der Waals surface area (Å²) in [4.78, 5) is 4.07. The Labute approximate surface area is 114 Å². The van der Waals surface area contributed by atoms with Crippen molar-refractivity contribution in [1.82, 2.24) is 9.55 Å². The fourth-order valence-electron chi connectivity index (χ4n) is 1.78. The van der Waals surface area contributed by atoms with Gasteiger partial charge in [-0.25, -0.2) is 4.98 Å². The van der Waals surface area contributed by atoms with Crippen molar-refractivity contribution < 1.29 is 17.9 Å². The van der Waals surface area contributed by atoms with Gasteiger partial charge in [-0.1, -0.05) is 12.1 Å². The van der Waals surface area contributed by atoms with Gasteiger partial charge in [0.1, 0.15) is 5.82 Å². The lowest BCUT2D eigenvalue weighted by molar-refractivity contribution is -0.274. The molecule has 0 aliphatic carbocycles. The summed E-state index contributed by atoms with van der Waals surface area (Å²) in [5.41, 5.74) is 0.308. The van der Waals surface area contributed by atoms with Gasteiger partial charge in [-0.2, -0.15) is 0 Å². The zero-order chi connectivity index (χ0) is 14.6. The molecule has 20 heavy (non-hydrogen) atoms. The predicted molar refractivity (Wildman–Crippen MR) is 68.6 cm³/mol. The van der Waals surface area contributed by atoms with Gasteiger partial charge in [0.2, 0.25) is 0 Å². The Morgan fingerprint density at radius 3 is 2.70 bits per heavy atom. The van der Waals surface area contributed by atoms with E-state index in [0.717, 1.165) is 5.82 Å². The molecule has 108 valence electrons. The monoisotopic (exact) mass is 285 g/mol. The molecule has 0 radical (unpaired) electrons. The Kier molecular flexibility index (Phi) is 4.16. The molecule has 1 aromatic heterocycles. The van der Waals surface area contributed by atoms with Crippen molar-refractivity contribution in [2.45, 2.75) is 19.8 Å². The molecule has 0 saturated heterocycles. The maximum absolute atomic E-state index is 12.3. The zero-order valence-electron chi connectivity index (χ0n) is 10.8. The van der Waals surface area contributed by atoms with Crippen molar-refractivity contribution in [3.8, 4) is 5.75 Å². The molecule has 0 amide bonds. The van der Waals surface area contributed by atoms with Crippen molar-refractivity contribution in [3.63, 3.8) is 0 Å². The third-order valence-electron chi connectivity index (χ3n) is 2.70. The third-order valence-corrected chi connectivity index (χ3v) is 2.70. The van der Waals surface area contributed by atoms with E-state index in [4.69, 9.17) is 0 Å². The molecule has 1 aromatic carbocycles. The Bertz CT molecular complexity index is 566. The summed E-state index contributed by atoms with van der Waals surface area (Å²) in [6.45, 7) is 2.93. The van der Waals surface area contributed by atoms with Gasteiger partial charge < -0.3 is 14.6 Å². The number of nitrogens with one attached hydrogen (secondary N) is 1. The first-order valence-electron chi connectivity index (χ1n) is 6.02. The summed E-state index contributed by atoms with van der Waals surface area (Å²) in [5.74, 6) is 0.619. The average molecular weight is 285 g/mol. The first-order valence-corrected chi connectivity index (χ1v) is 6.02. The molecule has 1 N–H and O–H groups in total. The second-order valence-electron chi connectivity index (χ2n) is 4.14. The highest BCUT2D eigenvalue weighted by Crippen LogP contribution is 2.29. The standard InChI is InChI=1S/C13H14F3N3O/c1-10-17-6-8-19(10)9-7-18-11-4-2-3-5-12(11)20-13(14,15)16/h2-6,8,18H,7,9H2,1H3. The average Bonchev–Trinajstić information content (AvgIpc) is 2.75. The van der Waals surface area contributed by atoms with Gasteiger partial charge in [-0.05, 0) is 19.1 Å². The molecule has 7 heteroatoms. The number of para-hydroxylation sites is 2. The van der Waals surface area contributed by atoms with Crippen LogP contribution in [0.15, 0.2) is 36.7 Å². The Morgan fingerprint density at radius 1 is 1.30 bits per heavy atom. The van der Waals surface area contributed by atoms with Gasteiger partial charge in [-0.3, -0.25) is 0 Å². The first-order chi connectivity index (χ1) is 9.46. The SMILES string of the molecule is Cc1nccn1CCNc1ccccc1OC(F)(F)F.